The molecule has 2 rings (SSSR count). The lowest BCUT2D eigenvalue weighted by Crippen LogP contribution is -2.03. The molecule has 0 amide bonds. The zero-order valence-electron chi connectivity index (χ0n) is 14.5. The maximum Gasteiger partial charge on any atom is 0.307 e. The summed E-state index contributed by atoms with van der Waals surface area (Å²) in [7, 11) is 0. The van der Waals surface area contributed by atoms with Crippen molar-refractivity contribution in [3.05, 3.63) is 70.8 Å². The van der Waals surface area contributed by atoms with Crippen molar-refractivity contribution in [1.82, 2.24) is 0 Å². The second kappa shape index (κ2) is 11.8. The van der Waals surface area contributed by atoms with E-state index in [2.05, 4.69) is 0 Å². The van der Waals surface area contributed by atoms with E-state index in [1.807, 2.05) is 24.3 Å². The van der Waals surface area contributed by atoms with E-state index in [1.54, 1.807) is 24.3 Å². The average Bonchev–Trinajstić information content (AvgIpc) is 2.55. The Balaban J connectivity index is 0.000000263. The predicted molar refractivity (Wildman–Crippen MR) is 97.1 cm³/mol. The largest absolute Gasteiger partial charge is 0.481 e. The van der Waals surface area contributed by atoms with E-state index in [4.69, 9.17) is 20.4 Å². The van der Waals surface area contributed by atoms with Crippen LogP contribution in [0.15, 0.2) is 48.5 Å². The van der Waals surface area contributed by atoms with Gasteiger partial charge in [-0.05, 0) is 35.1 Å². The third-order valence-electron chi connectivity index (χ3n) is 3.49. The second-order valence-electron chi connectivity index (χ2n) is 5.73. The van der Waals surface area contributed by atoms with Crippen molar-refractivity contribution < 1.29 is 30.0 Å². The molecular weight excluding hydrogens is 336 g/mol. The van der Waals surface area contributed by atoms with Crippen LogP contribution in [-0.2, 0) is 35.3 Å². The molecule has 0 aromatic heterocycles. The first-order chi connectivity index (χ1) is 12.4. The van der Waals surface area contributed by atoms with Gasteiger partial charge in [-0.15, -0.1) is 0 Å². The van der Waals surface area contributed by atoms with Crippen LogP contribution in [-0.4, -0.2) is 45.6 Å². The van der Waals surface area contributed by atoms with Crippen LogP contribution in [0.4, 0.5) is 0 Å². The lowest BCUT2D eigenvalue weighted by molar-refractivity contribution is -0.137. The van der Waals surface area contributed by atoms with Crippen LogP contribution in [0.3, 0.4) is 0 Å². The molecule has 0 fully saturated rings. The summed E-state index contributed by atoms with van der Waals surface area (Å²) >= 11 is 0. The second-order valence-corrected chi connectivity index (χ2v) is 5.73. The first-order valence-electron chi connectivity index (χ1n) is 8.25. The number of aliphatic carboxylic acids is 2. The van der Waals surface area contributed by atoms with Crippen molar-refractivity contribution in [3.8, 4) is 0 Å². The fourth-order valence-corrected chi connectivity index (χ4v) is 2.40. The van der Waals surface area contributed by atoms with Crippen molar-refractivity contribution in [1.29, 1.82) is 0 Å². The van der Waals surface area contributed by atoms with Crippen LogP contribution in [0.2, 0.25) is 0 Å². The van der Waals surface area contributed by atoms with Gasteiger partial charge in [0.05, 0.1) is 12.8 Å². The molecule has 140 valence electrons. The number of aliphatic hydroxyl groups excluding tert-OH is 2. The molecule has 6 nitrogen and oxygen atoms in total. The van der Waals surface area contributed by atoms with E-state index in [-0.39, 0.29) is 26.1 Å². The summed E-state index contributed by atoms with van der Waals surface area (Å²) in [6, 6.07) is 14.5. The van der Waals surface area contributed by atoms with Gasteiger partial charge >= 0.3 is 11.9 Å². The molecule has 0 saturated heterocycles. The molecule has 2 aromatic rings. The molecule has 0 spiro atoms. The number of aliphatic hydroxyl groups is 2. The van der Waals surface area contributed by atoms with Crippen molar-refractivity contribution in [2.75, 3.05) is 13.2 Å². The van der Waals surface area contributed by atoms with Crippen molar-refractivity contribution >= 4 is 11.9 Å². The number of hydrogen-bond donors (Lipinski definition) is 4. The van der Waals surface area contributed by atoms with Crippen LogP contribution < -0.4 is 0 Å². The van der Waals surface area contributed by atoms with Crippen LogP contribution in [0, 0.1) is 0 Å². The highest BCUT2D eigenvalue weighted by Gasteiger charge is 2.03. The van der Waals surface area contributed by atoms with Gasteiger partial charge in [0.15, 0.2) is 0 Å². The minimum Gasteiger partial charge on any atom is -0.481 e. The molecule has 0 aliphatic carbocycles. The maximum atomic E-state index is 10.4. The van der Waals surface area contributed by atoms with E-state index in [1.165, 1.54) is 0 Å². The molecule has 0 aliphatic rings. The maximum absolute atomic E-state index is 10.4. The summed E-state index contributed by atoms with van der Waals surface area (Å²) in [5, 5.41) is 34.4. The minimum atomic E-state index is -0.919. The zero-order chi connectivity index (χ0) is 19.4. The highest BCUT2D eigenvalue weighted by atomic mass is 16.4. The topological polar surface area (TPSA) is 115 Å². The van der Waals surface area contributed by atoms with Gasteiger partial charge in [0, 0.05) is 13.2 Å². The summed E-state index contributed by atoms with van der Waals surface area (Å²) in [4.78, 5) is 20.8. The summed E-state index contributed by atoms with van der Waals surface area (Å²) < 4.78 is 0. The Morgan fingerprint density at radius 1 is 0.654 bits per heavy atom. The minimum absolute atomic E-state index is 0.0759. The Morgan fingerprint density at radius 3 is 1.35 bits per heavy atom. The summed E-state index contributed by atoms with van der Waals surface area (Å²) in [5.74, 6) is -1.84. The third-order valence-corrected chi connectivity index (χ3v) is 3.49. The lowest BCUT2D eigenvalue weighted by atomic mass is 10.1. The van der Waals surface area contributed by atoms with Gasteiger partial charge in [0.25, 0.3) is 0 Å². The molecule has 0 heterocycles. The van der Waals surface area contributed by atoms with Crippen molar-refractivity contribution in [3.63, 3.8) is 0 Å². The highest BCUT2D eigenvalue weighted by Crippen LogP contribution is 2.07. The van der Waals surface area contributed by atoms with Gasteiger partial charge in [0.2, 0.25) is 0 Å². The van der Waals surface area contributed by atoms with Crippen LogP contribution in [0.1, 0.15) is 22.3 Å². The lowest BCUT2D eigenvalue weighted by Gasteiger charge is -2.01. The van der Waals surface area contributed by atoms with Gasteiger partial charge in [0.1, 0.15) is 0 Å². The molecule has 2 aromatic carbocycles. The average molecular weight is 360 g/mol. The number of rotatable bonds is 8. The fraction of sp³-hybridized carbons (Fsp3) is 0.300. The first-order valence-corrected chi connectivity index (χ1v) is 8.25. The van der Waals surface area contributed by atoms with Gasteiger partial charge in [-0.1, -0.05) is 48.5 Å². The van der Waals surface area contributed by atoms with Crippen LogP contribution >= 0.6 is 0 Å². The van der Waals surface area contributed by atoms with Gasteiger partial charge < -0.3 is 20.4 Å². The fourth-order valence-electron chi connectivity index (χ4n) is 2.40. The van der Waals surface area contributed by atoms with Crippen LogP contribution in [0.25, 0.3) is 0 Å². The smallest absolute Gasteiger partial charge is 0.307 e. The summed E-state index contributed by atoms with van der Waals surface area (Å²) in [6.45, 7) is 0.366. The normalized spacial score (nSPS) is 9.92. The standard InChI is InChI=1S/C10H10O4.C10H14O2/c11-9(12)5-7-2-1-3-8(4-7)6-10(13)14;11-6-4-9-2-1-3-10(8-9)5-7-12/h1-4H,5-6H2,(H,11,12)(H,13,14);1-3,8,11-12H,4-7H2. The molecule has 0 aliphatic heterocycles. The molecule has 6 heteroatoms. The molecule has 0 saturated carbocycles. The Labute approximate surface area is 152 Å². The molecule has 26 heavy (non-hydrogen) atoms. The Morgan fingerprint density at radius 2 is 1.00 bits per heavy atom. The first kappa shape index (κ1) is 21.3. The van der Waals surface area contributed by atoms with Gasteiger partial charge in [-0.2, -0.15) is 0 Å². The van der Waals surface area contributed by atoms with Crippen molar-refractivity contribution in [2.24, 2.45) is 0 Å². The van der Waals surface area contributed by atoms with Crippen LogP contribution in [0.5, 0.6) is 0 Å². The molecule has 4 N–H and O–H groups in total. The Kier molecular flexibility index (Phi) is 9.67. The highest BCUT2D eigenvalue weighted by molar-refractivity contribution is 5.72. The van der Waals surface area contributed by atoms with Gasteiger partial charge in [-0.3, -0.25) is 9.59 Å². The number of hydrogen-bond acceptors (Lipinski definition) is 4. The van der Waals surface area contributed by atoms with E-state index in [0.29, 0.717) is 24.0 Å². The zero-order valence-corrected chi connectivity index (χ0v) is 14.5. The third kappa shape index (κ3) is 8.96. The molecule has 0 radical (unpaired) electrons. The molecule has 0 bridgehead atoms. The Hall–Kier alpha value is -2.70. The van der Waals surface area contributed by atoms with E-state index in [0.717, 1.165) is 11.1 Å². The number of carbonyl (C=O) groups is 2. The SMILES string of the molecule is O=C(O)Cc1cccc(CC(=O)O)c1.OCCc1cccc(CCO)c1. The summed E-state index contributed by atoms with van der Waals surface area (Å²) in [6.07, 6.45) is 1.24. The van der Waals surface area contributed by atoms with Crippen molar-refractivity contribution in [2.45, 2.75) is 25.7 Å². The molecule has 0 atom stereocenters. The number of benzene rings is 2. The monoisotopic (exact) mass is 360 g/mol. The van der Waals surface area contributed by atoms with E-state index < -0.39 is 11.9 Å². The number of carboxylic acid groups (broad SMARTS) is 2. The predicted octanol–water partition coefficient (Wildman–Crippen LogP) is 1.70. The molecule has 0 unspecified atom stereocenters. The van der Waals surface area contributed by atoms with E-state index >= 15 is 0 Å². The quantitative estimate of drug-likeness (QED) is 0.570. The Bertz CT molecular complexity index is 658. The number of carboxylic acids is 2. The molecular formula is C20H24O6. The summed E-state index contributed by atoms with van der Waals surface area (Å²) in [5.41, 5.74) is 3.50. The van der Waals surface area contributed by atoms with E-state index in [9.17, 15) is 9.59 Å². The van der Waals surface area contributed by atoms with Gasteiger partial charge in [-0.25, -0.2) is 0 Å².